The molecule has 0 aromatic carbocycles. The van der Waals surface area contributed by atoms with Gasteiger partial charge in [0, 0.05) is 12.5 Å². The molecular weight excluding hydrogens is 304 g/mol. The van der Waals surface area contributed by atoms with Gasteiger partial charge in [0.05, 0.1) is 0 Å². The van der Waals surface area contributed by atoms with E-state index in [9.17, 15) is 14.7 Å². The first-order valence-corrected chi connectivity index (χ1v) is 8.58. The predicted molar refractivity (Wildman–Crippen MR) is 93.4 cm³/mol. The van der Waals surface area contributed by atoms with Gasteiger partial charge < -0.3 is 9.84 Å². The Labute approximate surface area is 144 Å². The second-order valence-electron chi connectivity index (χ2n) is 7.60. The summed E-state index contributed by atoms with van der Waals surface area (Å²) < 4.78 is 5.43. The number of carbonyl (C=O) groups is 2. The van der Waals surface area contributed by atoms with E-state index in [2.05, 4.69) is 20.1 Å². The van der Waals surface area contributed by atoms with Gasteiger partial charge in [-0.1, -0.05) is 31.2 Å². The Bertz CT molecular complexity index is 601. The molecule has 2 aliphatic rings. The normalized spacial score (nSPS) is 33.1. The maximum absolute atomic E-state index is 11.5. The standard InChI is InChI=1S/C20H28O4/c1-12(2)15-7-6-13(3)16(20(15,5)9-8-18(21)22)11-17-14(4)10-19(23)24-17/h10,15-17H,1,3,6-9,11H2,2,4-5H3,(H,21,22)/t15-,16-,17-,20-/m1/s1. The molecule has 1 N–H and O–H groups in total. The number of cyclic esters (lactones) is 1. The molecule has 0 saturated heterocycles. The molecular formula is C20H28O4. The van der Waals surface area contributed by atoms with Gasteiger partial charge >= 0.3 is 11.9 Å². The first kappa shape index (κ1) is 18.5. The lowest BCUT2D eigenvalue weighted by atomic mass is 9.55. The minimum Gasteiger partial charge on any atom is -0.481 e. The topological polar surface area (TPSA) is 63.6 Å². The zero-order chi connectivity index (χ0) is 18.1. The molecule has 0 radical (unpaired) electrons. The van der Waals surface area contributed by atoms with Crippen molar-refractivity contribution in [1.82, 2.24) is 0 Å². The van der Waals surface area contributed by atoms with E-state index in [0.717, 1.165) is 29.6 Å². The number of rotatable bonds is 6. The molecule has 0 amide bonds. The molecule has 0 aromatic heterocycles. The lowest BCUT2D eigenvalue weighted by Gasteiger charge is -2.50. The van der Waals surface area contributed by atoms with Crippen molar-refractivity contribution in [2.45, 2.75) is 59.0 Å². The summed E-state index contributed by atoms with van der Waals surface area (Å²) in [6.07, 6.45) is 4.56. The molecule has 0 aromatic rings. The molecule has 2 rings (SSSR count). The number of carboxylic acid groups (broad SMARTS) is 1. The van der Waals surface area contributed by atoms with Crippen molar-refractivity contribution in [3.05, 3.63) is 36.0 Å². The zero-order valence-corrected chi connectivity index (χ0v) is 14.9. The fourth-order valence-electron chi connectivity index (χ4n) is 4.51. The van der Waals surface area contributed by atoms with Gasteiger partial charge in [-0.3, -0.25) is 4.79 Å². The lowest BCUT2D eigenvalue weighted by molar-refractivity contribution is -0.139. The first-order valence-electron chi connectivity index (χ1n) is 8.58. The van der Waals surface area contributed by atoms with E-state index >= 15 is 0 Å². The summed E-state index contributed by atoms with van der Waals surface area (Å²) in [5.41, 5.74) is 2.94. The molecule has 4 nitrogen and oxygen atoms in total. The highest BCUT2D eigenvalue weighted by Gasteiger charge is 2.47. The summed E-state index contributed by atoms with van der Waals surface area (Å²) in [7, 11) is 0. The third-order valence-electron chi connectivity index (χ3n) is 5.87. The van der Waals surface area contributed by atoms with Crippen LogP contribution in [-0.4, -0.2) is 23.1 Å². The van der Waals surface area contributed by atoms with E-state index in [4.69, 9.17) is 4.74 Å². The Morgan fingerprint density at radius 1 is 1.50 bits per heavy atom. The van der Waals surface area contributed by atoms with Crippen LogP contribution in [0.2, 0.25) is 0 Å². The summed E-state index contributed by atoms with van der Waals surface area (Å²) in [5, 5.41) is 9.17. The van der Waals surface area contributed by atoms with Crippen molar-refractivity contribution in [3.63, 3.8) is 0 Å². The van der Waals surface area contributed by atoms with Crippen molar-refractivity contribution >= 4 is 11.9 Å². The summed E-state index contributed by atoms with van der Waals surface area (Å²) in [6, 6.07) is 0. The van der Waals surface area contributed by atoms with Gasteiger partial charge in [0.1, 0.15) is 6.10 Å². The largest absolute Gasteiger partial charge is 0.481 e. The van der Waals surface area contributed by atoms with E-state index in [1.807, 2.05) is 13.8 Å². The van der Waals surface area contributed by atoms with Crippen LogP contribution in [0.25, 0.3) is 0 Å². The average Bonchev–Trinajstić information content (AvgIpc) is 2.79. The van der Waals surface area contributed by atoms with E-state index in [0.29, 0.717) is 12.8 Å². The molecule has 4 heteroatoms. The van der Waals surface area contributed by atoms with Gasteiger partial charge in [0.15, 0.2) is 0 Å². The van der Waals surface area contributed by atoms with Crippen molar-refractivity contribution in [2.24, 2.45) is 17.3 Å². The molecule has 1 aliphatic carbocycles. The zero-order valence-electron chi connectivity index (χ0n) is 14.9. The molecule has 1 saturated carbocycles. The molecule has 0 bridgehead atoms. The SMILES string of the molecule is C=C(C)[C@H]1CCC(=C)[C@@H](C[C@H]2OC(=O)C=C2C)[C@]1(C)CCC(=O)O. The van der Waals surface area contributed by atoms with E-state index in [1.165, 1.54) is 0 Å². The van der Waals surface area contributed by atoms with Gasteiger partial charge in [-0.05, 0) is 62.4 Å². The van der Waals surface area contributed by atoms with Gasteiger partial charge in [-0.2, -0.15) is 0 Å². The van der Waals surface area contributed by atoms with E-state index in [-0.39, 0.29) is 35.7 Å². The minimum atomic E-state index is -0.782. The Morgan fingerprint density at radius 2 is 2.17 bits per heavy atom. The van der Waals surface area contributed by atoms with Crippen molar-refractivity contribution in [2.75, 3.05) is 0 Å². The summed E-state index contributed by atoms with van der Waals surface area (Å²) in [4.78, 5) is 22.7. The van der Waals surface area contributed by atoms with Gasteiger partial charge in [0.2, 0.25) is 0 Å². The fourth-order valence-corrected chi connectivity index (χ4v) is 4.51. The average molecular weight is 332 g/mol. The number of hydrogen-bond donors (Lipinski definition) is 1. The highest BCUT2D eigenvalue weighted by Crippen LogP contribution is 2.54. The molecule has 24 heavy (non-hydrogen) atoms. The second kappa shape index (κ2) is 6.96. The van der Waals surface area contributed by atoms with Crippen LogP contribution in [0.1, 0.15) is 52.9 Å². The van der Waals surface area contributed by atoms with E-state index in [1.54, 1.807) is 6.08 Å². The Kier molecular flexibility index (Phi) is 5.36. The van der Waals surface area contributed by atoms with Crippen molar-refractivity contribution in [1.29, 1.82) is 0 Å². The molecule has 1 aliphatic heterocycles. The fraction of sp³-hybridized carbons (Fsp3) is 0.600. The highest BCUT2D eigenvalue weighted by molar-refractivity contribution is 5.85. The smallest absolute Gasteiger partial charge is 0.331 e. The van der Waals surface area contributed by atoms with Crippen LogP contribution in [0, 0.1) is 17.3 Å². The van der Waals surface area contributed by atoms with Gasteiger partial charge in [-0.25, -0.2) is 4.79 Å². The summed E-state index contributed by atoms with van der Waals surface area (Å²) >= 11 is 0. The van der Waals surface area contributed by atoms with Gasteiger partial charge in [0.25, 0.3) is 0 Å². The second-order valence-corrected chi connectivity index (χ2v) is 7.60. The molecule has 0 unspecified atom stereocenters. The van der Waals surface area contributed by atoms with Crippen LogP contribution in [0.5, 0.6) is 0 Å². The van der Waals surface area contributed by atoms with Crippen LogP contribution in [0.4, 0.5) is 0 Å². The highest BCUT2D eigenvalue weighted by atomic mass is 16.5. The third kappa shape index (κ3) is 3.63. The predicted octanol–water partition coefficient (Wildman–Crippen LogP) is 4.28. The Balaban J connectivity index is 2.29. The molecule has 0 spiro atoms. The van der Waals surface area contributed by atoms with Crippen LogP contribution in [-0.2, 0) is 14.3 Å². The summed E-state index contributed by atoms with van der Waals surface area (Å²) in [5.74, 6) is -0.696. The number of aliphatic carboxylic acids is 1. The molecule has 4 atom stereocenters. The molecule has 1 fully saturated rings. The quantitative estimate of drug-likeness (QED) is 0.582. The Morgan fingerprint density at radius 3 is 2.67 bits per heavy atom. The maximum Gasteiger partial charge on any atom is 0.331 e. The van der Waals surface area contributed by atoms with Crippen LogP contribution in [0.3, 0.4) is 0 Å². The van der Waals surface area contributed by atoms with Crippen LogP contribution < -0.4 is 0 Å². The van der Waals surface area contributed by atoms with Crippen molar-refractivity contribution < 1.29 is 19.4 Å². The molecule has 1 heterocycles. The number of hydrogen-bond acceptors (Lipinski definition) is 3. The Hall–Kier alpha value is -1.84. The number of carboxylic acids is 1. The molecule has 132 valence electrons. The van der Waals surface area contributed by atoms with Crippen molar-refractivity contribution in [3.8, 4) is 0 Å². The van der Waals surface area contributed by atoms with Gasteiger partial charge in [-0.15, -0.1) is 0 Å². The number of allylic oxidation sites excluding steroid dienone is 2. The maximum atomic E-state index is 11.5. The minimum absolute atomic E-state index is 0.117. The first-order chi connectivity index (χ1) is 11.1. The summed E-state index contributed by atoms with van der Waals surface area (Å²) in [6.45, 7) is 14.5. The lowest BCUT2D eigenvalue weighted by Crippen LogP contribution is -2.42. The number of esters is 1. The third-order valence-corrected chi connectivity index (χ3v) is 5.87. The number of ether oxygens (including phenoxy) is 1. The van der Waals surface area contributed by atoms with Crippen LogP contribution in [0.15, 0.2) is 36.0 Å². The monoisotopic (exact) mass is 332 g/mol. The number of carbonyl (C=O) groups excluding carboxylic acids is 1. The van der Waals surface area contributed by atoms with Crippen LogP contribution >= 0.6 is 0 Å². The van der Waals surface area contributed by atoms with E-state index < -0.39 is 5.97 Å².